The summed E-state index contributed by atoms with van der Waals surface area (Å²) in [6, 6.07) is 8.52. The number of ether oxygens (including phenoxy) is 1. The fourth-order valence-electron chi connectivity index (χ4n) is 2.01. The molecular formula is C15H11BrN2O5. The number of carbonyl (C=O) groups excluding carboxylic acids is 2. The Morgan fingerprint density at radius 1 is 1.22 bits per heavy atom. The van der Waals surface area contributed by atoms with Crippen molar-refractivity contribution in [3.63, 3.8) is 0 Å². The number of hydrogen-bond donors (Lipinski definition) is 1. The van der Waals surface area contributed by atoms with Crippen molar-refractivity contribution in [2.75, 3.05) is 12.8 Å². The molecule has 2 N–H and O–H groups in total. The van der Waals surface area contributed by atoms with Crippen LogP contribution in [0.3, 0.4) is 0 Å². The van der Waals surface area contributed by atoms with Crippen molar-refractivity contribution in [1.82, 2.24) is 0 Å². The van der Waals surface area contributed by atoms with Gasteiger partial charge in [-0.15, -0.1) is 0 Å². The molecule has 0 aliphatic rings. The second-order valence-corrected chi connectivity index (χ2v) is 5.37. The highest BCUT2D eigenvalue weighted by atomic mass is 79.9. The summed E-state index contributed by atoms with van der Waals surface area (Å²) in [5.41, 5.74) is 5.35. The summed E-state index contributed by atoms with van der Waals surface area (Å²) in [7, 11) is 1.20. The molecule has 0 amide bonds. The van der Waals surface area contributed by atoms with E-state index in [0.29, 0.717) is 0 Å². The zero-order valence-corrected chi connectivity index (χ0v) is 13.5. The lowest BCUT2D eigenvalue weighted by atomic mass is 9.98. The maximum atomic E-state index is 12.6. The molecule has 0 saturated heterocycles. The number of rotatable bonds is 4. The van der Waals surface area contributed by atoms with Crippen molar-refractivity contribution in [3.05, 3.63) is 67.7 Å². The van der Waals surface area contributed by atoms with Crippen molar-refractivity contribution in [2.24, 2.45) is 0 Å². The summed E-state index contributed by atoms with van der Waals surface area (Å²) >= 11 is 3.09. The summed E-state index contributed by atoms with van der Waals surface area (Å²) in [6.45, 7) is 0. The Morgan fingerprint density at radius 3 is 2.39 bits per heavy atom. The summed E-state index contributed by atoms with van der Waals surface area (Å²) < 4.78 is 4.87. The van der Waals surface area contributed by atoms with Crippen LogP contribution in [0.1, 0.15) is 26.3 Å². The van der Waals surface area contributed by atoms with Crippen LogP contribution in [0.2, 0.25) is 0 Å². The quantitative estimate of drug-likeness (QED) is 0.287. The fraction of sp³-hybridized carbons (Fsp3) is 0.0667. The van der Waals surface area contributed by atoms with Gasteiger partial charge in [-0.2, -0.15) is 0 Å². The first-order valence-electron chi connectivity index (χ1n) is 6.32. The number of ketones is 1. The second-order valence-electron chi connectivity index (χ2n) is 4.51. The maximum absolute atomic E-state index is 12.6. The number of nitro benzene ring substituents is 1. The summed E-state index contributed by atoms with van der Waals surface area (Å²) in [5, 5.41) is 11.0. The molecule has 0 radical (unpaired) electrons. The highest BCUT2D eigenvalue weighted by molar-refractivity contribution is 9.10. The molecule has 0 saturated carbocycles. The molecule has 0 aliphatic heterocycles. The van der Waals surface area contributed by atoms with E-state index in [1.807, 2.05) is 0 Å². The number of anilines is 1. The Kier molecular flexibility index (Phi) is 4.75. The van der Waals surface area contributed by atoms with E-state index in [2.05, 4.69) is 20.7 Å². The molecule has 0 unspecified atom stereocenters. The van der Waals surface area contributed by atoms with Gasteiger partial charge < -0.3 is 10.5 Å². The molecule has 0 spiro atoms. The van der Waals surface area contributed by atoms with Crippen LogP contribution in [0.15, 0.2) is 40.9 Å². The van der Waals surface area contributed by atoms with Gasteiger partial charge in [-0.05, 0) is 28.1 Å². The van der Waals surface area contributed by atoms with E-state index in [0.717, 1.165) is 6.07 Å². The van der Waals surface area contributed by atoms with Crippen molar-refractivity contribution >= 4 is 39.1 Å². The number of nitro groups is 1. The number of nitrogens with zero attached hydrogens (tertiary/aromatic N) is 1. The largest absolute Gasteiger partial charge is 0.465 e. The first-order chi connectivity index (χ1) is 10.9. The third kappa shape index (κ3) is 3.21. The lowest BCUT2D eigenvalue weighted by molar-refractivity contribution is -0.384. The second kappa shape index (κ2) is 6.57. The monoisotopic (exact) mass is 378 g/mol. The van der Waals surface area contributed by atoms with Gasteiger partial charge in [0.25, 0.3) is 5.69 Å². The molecule has 2 rings (SSSR count). The number of carbonyl (C=O) groups is 2. The molecule has 8 heteroatoms. The van der Waals surface area contributed by atoms with Crippen LogP contribution in [-0.4, -0.2) is 23.8 Å². The van der Waals surface area contributed by atoms with Gasteiger partial charge in [0.05, 0.1) is 17.6 Å². The van der Waals surface area contributed by atoms with E-state index in [4.69, 9.17) is 5.73 Å². The summed E-state index contributed by atoms with van der Waals surface area (Å²) in [4.78, 5) is 34.7. The van der Waals surface area contributed by atoms with Gasteiger partial charge in [-0.25, -0.2) is 4.79 Å². The van der Waals surface area contributed by atoms with Gasteiger partial charge in [-0.3, -0.25) is 14.9 Å². The maximum Gasteiger partial charge on any atom is 0.338 e. The SMILES string of the molecule is COC(=O)c1ccccc1C(=O)c1cc(Br)c(N)c([N+](=O)[O-])c1. The standard InChI is InChI=1S/C15H11BrN2O5/c1-23-15(20)10-5-3-2-4-9(10)14(19)8-6-11(16)13(17)12(7-8)18(21)22/h2-7H,17H2,1H3. The molecular weight excluding hydrogens is 368 g/mol. The molecule has 0 atom stereocenters. The molecule has 23 heavy (non-hydrogen) atoms. The van der Waals surface area contributed by atoms with Gasteiger partial charge in [0.15, 0.2) is 5.78 Å². The normalized spacial score (nSPS) is 10.2. The lowest BCUT2D eigenvalue weighted by Crippen LogP contribution is -2.12. The first-order valence-corrected chi connectivity index (χ1v) is 7.11. The predicted octanol–water partition coefficient (Wildman–Crippen LogP) is 2.96. The van der Waals surface area contributed by atoms with Crippen LogP contribution < -0.4 is 5.73 Å². The third-order valence-electron chi connectivity index (χ3n) is 3.14. The molecule has 0 heterocycles. The van der Waals surface area contributed by atoms with E-state index < -0.39 is 22.4 Å². The molecule has 118 valence electrons. The Morgan fingerprint density at radius 2 is 1.83 bits per heavy atom. The van der Waals surface area contributed by atoms with Gasteiger partial charge >= 0.3 is 5.97 Å². The number of esters is 1. The molecule has 2 aromatic rings. The Hall–Kier alpha value is -2.74. The highest BCUT2D eigenvalue weighted by Crippen LogP contribution is 2.32. The Balaban J connectivity index is 2.59. The fourth-order valence-corrected chi connectivity index (χ4v) is 2.46. The van der Waals surface area contributed by atoms with Crippen LogP contribution in [-0.2, 0) is 4.74 Å². The molecule has 0 fully saturated rings. The lowest BCUT2D eigenvalue weighted by Gasteiger charge is -2.08. The van der Waals surface area contributed by atoms with E-state index in [-0.39, 0.29) is 26.9 Å². The minimum absolute atomic E-state index is 0.0362. The van der Waals surface area contributed by atoms with Crippen LogP contribution in [0.5, 0.6) is 0 Å². The van der Waals surface area contributed by atoms with Crippen molar-refractivity contribution in [2.45, 2.75) is 0 Å². The topological polar surface area (TPSA) is 113 Å². The summed E-state index contributed by atoms with van der Waals surface area (Å²) in [5.74, 6) is -1.22. The summed E-state index contributed by atoms with van der Waals surface area (Å²) in [6.07, 6.45) is 0. The predicted molar refractivity (Wildman–Crippen MR) is 86.4 cm³/mol. The average Bonchev–Trinajstić information content (AvgIpc) is 2.55. The Bertz CT molecular complexity index is 820. The molecule has 0 bridgehead atoms. The molecule has 0 aromatic heterocycles. The third-order valence-corrected chi connectivity index (χ3v) is 3.80. The number of halogens is 1. The molecule has 2 aromatic carbocycles. The number of nitrogen functional groups attached to an aromatic ring is 1. The van der Waals surface area contributed by atoms with E-state index in [9.17, 15) is 19.7 Å². The zero-order valence-electron chi connectivity index (χ0n) is 11.9. The number of nitrogens with two attached hydrogens (primary N) is 1. The molecule has 7 nitrogen and oxygen atoms in total. The van der Waals surface area contributed by atoms with E-state index in [1.54, 1.807) is 12.1 Å². The van der Waals surface area contributed by atoms with Crippen LogP contribution in [0, 0.1) is 10.1 Å². The average molecular weight is 379 g/mol. The van der Waals surface area contributed by atoms with E-state index in [1.165, 1.54) is 25.3 Å². The van der Waals surface area contributed by atoms with Crippen LogP contribution in [0.4, 0.5) is 11.4 Å². The van der Waals surface area contributed by atoms with E-state index >= 15 is 0 Å². The van der Waals surface area contributed by atoms with Gasteiger partial charge in [-0.1, -0.05) is 18.2 Å². The minimum atomic E-state index is -0.677. The highest BCUT2D eigenvalue weighted by Gasteiger charge is 2.23. The minimum Gasteiger partial charge on any atom is -0.465 e. The number of hydrogen-bond acceptors (Lipinski definition) is 6. The van der Waals surface area contributed by atoms with Gasteiger partial charge in [0.1, 0.15) is 5.69 Å². The Labute approximate surface area is 139 Å². The smallest absolute Gasteiger partial charge is 0.338 e. The zero-order chi connectivity index (χ0) is 17.1. The van der Waals surface area contributed by atoms with Crippen molar-refractivity contribution in [1.29, 1.82) is 0 Å². The number of methoxy groups -OCH3 is 1. The van der Waals surface area contributed by atoms with Gasteiger partial charge in [0.2, 0.25) is 0 Å². The van der Waals surface area contributed by atoms with Crippen molar-refractivity contribution in [3.8, 4) is 0 Å². The van der Waals surface area contributed by atoms with Crippen LogP contribution in [0.25, 0.3) is 0 Å². The van der Waals surface area contributed by atoms with Crippen molar-refractivity contribution < 1.29 is 19.2 Å². The first kappa shape index (κ1) is 16.6. The number of benzene rings is 2. The molecule has 0 aliphatic carbocycles. The van der Waals surface area contributed by atoms with Gasteiger partial charge in [0, 0.05) is 21.7 Å². The van der Waals surface area contributed by atoms with Crippen LogP contribution >= 0.6 is 15.9 Å².